The summed E-state index contributed by atoms with van der Waals surface area (Å²) in [5.74, 6) is 0.854. The first-order valence-corrected chi connectivity index (χ1v) is 10.7. The number of hydrogen-bond donors (Lipinski definition) is 1. The van der Waals surface area contributed by atoms with E-state index in [2.05, 4.69) is 58.5 Å². The summed E-state index contributed by atoms with van der Waals surface area (Å²) in [5, 5.41) is 11.9. The highest BCUT2D eigenvalue weighted by Crippen LogP contribution is 2.24. The lowest BCUT2D eigenvalue weighted by Gasteiger charge is -2.32. The first-order chi connectivity index (χ1) is 14.6. The van der Waals surface area contributed by atoms with Gasteiger partial charge in [-0.25, -0.2) is 0 Å². The molecule has 1 aromatic heterocycles. The molecule has 0 bridgehead atoms. The molecule has 0 saturated carbocycles. The molecule has 1 unspecified atom stereocenters. The number of piperidine rings is 1. The Morgan fingerprint density at radius 1 is 1.10 bits per heavy atom. The fourth-order valence-corrected chi connectivity index (χ4v) is 3.92. The zero-order valence-electron chi connectivity index (χ0n) is 17.6. The number of nitrogens with zero attached hydrogens (tertiary/aromatic N) is 3. The summed E-state index contributed by atoms with van der Waals surface area (Å²) in [6, 6.07) is 20.4. The molecule has 1 aliphatic rings. The van der Waals surface area contributed by atoms with Gasteiger partial charge in [0.25, 0.3) is 0 Å². The highest BCUT2D eigenvalue weighted by atomic mass is 16.1. The van der Waals surface area contributed by atoms with Crippen molar-refractivity contribution in [2.45, 2.75) is 33.1 Å². The molecule has 154 valence electrons. The minimum absolute atomic E-state index is 0.0529. The predicted octanol–water partition coefficient (Wildman–Crippen LogP) is 4.87. The fourth-order valence-electron chi connectivity index (χ4n) is 3.92. The van der Waals surface area contributed by atoms with Gasteiger partial charge in [-0.1, -0.05) is 42.8 Å². The molecule has 5 nitrogen and oxygen atoms in total. The van der Waals surface area contributed by atoms with Gasteiger partial charge in [0.05, 0.1) is 11.6 Å². The number of hydrogen-bond acceptors (Lipinski definition) is 4. The van der Waals surface area contributed by atoms with Crippen LogP contribution >= 0.6 is 0 Å². The molecule has 1 fully saturated rings. The number of carbonyl (C=O) groups excluding carboxylic acids is 1. The van der Waals surface area contributed by atoms with Crippen molar-refractivity contribution in [3.05, 3.63) is 71.8 Å². The number of carbonyl (C=O) groups is 1. The van der Waals surface area contributed by atoms with Crippen LogP contribution in [0.3, 0.4) is 0 Å². The molecule has 30 heavy (non-hydrogen) atoms. The van der Waals surface area contributed by atoms with Crippen LogP contribution in [0.2, 0.25) is 0 Å². The van der Waals surface area contributed by atoms with Gasteiger partial charge in [0, 0.05) is 24.3 Å². The molecule has 2 heterocycles. The number of rotatable bonds is 5. The second-order valence-corrected chi connectivity index (χ2v) is 7.97. The van der Waals surface area contributed by atoms with Gasteiger partial charge in [-0.3, -0.25) is 4.79 Å². The van der Waals surface area contributed by atoms with Crippen LogP contribution in [0.1, 0.15) is 30.9 Å². The van der Waals surface area contributed by atoms with Crippen LogP contribution in [0.25, 0.3) is 11.3 Å². The maximum atomic E-state index is 12.8. The lowest BCUT2D eigenvalue weighted by atomic mass is 9.97. The van der Waals surface area contributed by atoms with Crippen molar-refractivity contribution in [2.75, 3.05) is 23.3 Å². The van der Waals surface area contributed by atoms with Crippen molar-refractivity contribution in [3.8, 4) is 11.3 Å². The van der Waals surface area contributed by atoms with Crippen molar-refractivity contribution >= 4 is 17.4 Å². The topological polar surface area (TPSA) is 58.1 Å². The summed E-state index contributed by atoms with van der Waals surface area (Å²) in [4.78, 5) is 15.0. The number of benzene rings is 2. The largest absolute Gasteiger partial charge is 0.354 e. The zero-order chi connectivity index (χ0) is 20.9. The Kier molecular flexibility index (Phi) is 6.07. The van der Waals surface area contributed by atoms with Crippen LogP contribution in [0.5, 0.6) is 0 Å². The highest BCUT2D eigenvalue weighted by Gasteiger charge is 2.26. The Labute approximate surface area is 178 Å². The standard InChI is InChI=1S/C25H28N4O/c1-3-19-9-11-22(12-10-19)26-25(30)21-8-5-15-29(17-21)24-14-13-23(27-28-24)20-7-4-6-18(2)16-20/h4,6-7,9-14,16,21H,3,5,8,15,17H2,1-2H3,(H,26,30). The van der Waals surface area contributed by atoms with Gasteiger partial charge in [0.2, 0.25) is 5.91 Å². The van der Waals surface area contributed by atoms with Gasteiger partial charge in [-0.05, 0) is 62.1 Å². The van der Waals surface area contributed by atoms with Crippen molar-refractivity contribution in [1.29, 1.82) is 0 Å². The molecule has 1 saturated heterocycles. The third-order valence-corrected chi connectivity index (χ3v) is 5.71. The maximum absolute atomic E-state index is 12.8. The Hall–Kier alpha value is -3.21. The molecular formula is C25H28N4O. The molecule has 4 rings (SSSR count). The number of aryl methyl sites for hydroxylation is 2. The van der Waals surface area contributed by atoms with E-state index in [0.29, 0.717) is 6.54 Å². The molecule has 1 aliphatic heterocycles. The highest BCUT2D eigenvalue weighted by molar-refractivity contribution is 5.93. The van der Waals surface area contributed by atoms with E-state index in [0.717, 1.165) is 48.6 Å². The van der Waals surface area contributed by atoms with Crippen molar-refractivity contribution < 1.29 is 4.79 Å². The number of anilines is 2. The number of aromatic nitrogens is 2. The second kappa shape index (κ2) is 9.08. The van der Waals surface area contributed by atoms with Crippen LogP contribution in [-0.2, 0) is 11.2 Å². The fraction of sp³-hybridized carbons (Fsp3) is 0.320. The van der Waals surface area contributed by atoms with Crippen LogP contribution in [-0.4, -0.2) is 29.2 Å². The summed E-state index contributed by atoms with van der Waals surface area (Å²) >= 11 is 0. The summed E-state index contributed by atoms with van der Waals surface area (Å²) in [6.45, 7) is 5.76. The van der Waals surface area contributed by atoms with Crippen molar-refractivity contribution in [3.63, 3.8) is 0 Å². The van der Waals surface area contributed by atoms with Crippen LogP contribution in [0.15, 0.2) is 60.7 Å². The van der Waals surface area contributed by atoms with E-state index < -0.39 is 0 Å². The lowest BCUT2D eigenvalue weighted by molar-refractivity contribution is -0.120. The van der Waals surface area contributed by atoms with Gasteiger partial charge in [-0.2, -0.15) is 0 Å². The Balaban J connectivity index is 1.41. The Morgan fingerprint density at radius 2 is 1.93 bits per heavy atom. The van der Waals surface area contributed by atoms with E-state index in [1.165, 1.54) is 11.1 Å². The van der Waals surface area contributed by atoms with E-state index in [9.17, 15) is 4.79 Å². The summed E-state index contributed by atoms with van der Waals surface area (Å²) in [7, 11) is 0. The molecule has 1 N–H and O–H groups in total. The van der Waals surface area contributed by atoms with E-state index in [4.69, 9.17) is 0 Å². The van der Waals surface area contributed by atoms with Crippen LogP contribution < -0.4 is 10.2 Å². The van der Waals surface area contributed by atoms with Crippen LogP contribution in [0, 0.1) is 12.8 Å². The summed E-state index contributed by atoms with van der Waals surface area (Å²) in [5.41, 5.74) is 5.26. The van der Waals surface area contributed by atoms with Crippen molar-refractivity contribution in [2.24, 2.45) is 5.92 Å². The summed E-state index contributed by atoms with van der Waals surface area (Å²) in [6.07, 6.45) is 2.86. The molecule has 1 atom stereocenters. The average Bonchev–Trinajstić information content (AvgIpc) is 2.80. The quantitative estimate of drug-likeness (QED) is 0.664. The molecule has 2 aromatic carbocycles. The van der Waals surface area contributed by atoms with E-state index >= 15 is 0 Å². The molecule has 1 amide bonds. The molecular weight excluding hydrogens is 372 g/mol. The average molecular weight is 401 g/mol. The first-order valence-electron chi connectivity index (χ1n) is 10.7. The smallest absolute Gasteiger partial charge is 0.229 e. The maximum Gasteiger partial charge on any atom is 0.229 e. The monoisotopic (exact) mass is 400 g/mol. The lowest BCUT2D eigenvalue weighted by Crippen LogP contribution is -2.41. The van der Waals surface area contributed by atoms with E-state index in [1.54, 1.807) is 0 Å². The van der Waals surface area contributed by atoms with Gasteiger partial charge >= 0.3 is 0 Å². The van der Waals surface area contributed by atoms with E-state index in [1.807, 2.05) is 36.4 Å². The molecule has 5 heteroatoms. The van der Waals surface area contributed by atoms with E-state index in [-0.39, 0.29) is 11.8 Å². The van der Waals surface area contributed by atoms with Crippen molar-refractivity contribution in [1.82, 2.24) is 10.2 Å². The number of nitrogens with one attached hydrogen (secondary N) is 1. The second-order valence-electron chi connectivity index (χ2n) is 7.97. The zero-order valence-corrected chi connectivity index (χ0v) is 17.6. The minimum Gasteiger partial charge on any atom is -0.354 e. The summed E-state index contributed by atoms with van der Waals surface area (Å²) < 4.78 is 0. The minimum atomic E-state index is -0.0529. The first kappa shape index (κ1) is 20.1. The van der Waals surface area contributed by atoms with Crippen LogP contribution in [0.4, 0.5) is 11.5 Å². The molecule has 3 aromatic rings. The van der Waals surface area contributed by atoms with Gasteiger partial charge in [-0.15, -0.1) is 10.2 Å². The third kappa shape index (κ3) is 4.67. The van der Waals surface area contributed by atoms with Gasteiger partial charge in [0.15, 0.2) is 5.82 Å². The molecule has 0 aliphatic carbocycles. The Bertz CT molecular complexity index is 998. The molecule has 0 spiro atoms. The SMILES string of the molecule is CCc1ccc(NC(=O)C2CCCN(c3ccc(-c4cccc(C)c4)nn3)C2)cc1. The molecule has 0 radical (unpaired) electrons. The predicted molar refractivity (Wildman–Crippen MR) is 122 cm³/mol. The third-order valence-electron chi connectivity index (χ3n) is 5.71. The number of amides is 1. The van der Waals surface area contributed by atoms with Gasteiger partial charge < -0.3 is 10.2 Å². The van der Waals surface area contributed by atoms with Gasteiger partial charge in [0.1, 0.15) is 0 Å². The Morgan fingerprint density at radius 3 is 2.63 bits per heavy atom. The normalized spacial score (nSPS) is 16.3.